The summed E-state index contributed by atoms with van der Waals surface area (Å²) in [7, 11) is 0. The smallest absolute Gasteiger partial charge is 0.103 e. The molecular formula is C21H27BrN2+2. The van der Waals surface area contributed by atoms with E-state index in [0.717, 1.165) is 6.04 Å². The molecule has 3 heteroatoms. The predicted octanol–water partition coefficient (Wildman–Crippen LogP) is 1.64. The molecular weight excluding hydrogens is 360 g/mol. The number of benzene rings is 2. The van der Waals surface area contributed by atoms with E-state index in [1.807, 2.05) is 4.90 Å². The molecule has 2 nitrogen and oxygen atoms in total. The van der Waals surface area contributed by atoms with Crippen LogP contribution in [0.5, 0.6) is 0 Å². The molecule has 2 aromatic rings. The maximum absolute atomic E-state index is 3.52. The Morgan fingerprint density at radius 3 is 2.33 bits per heavy atom. The van der Waals surface area contributed by atoms with Crippen LogP contribution < -0.4 is 9.80 Å². The Morgan fingerprint density at radius 1 is 0.875 bits per heavy atom. The lowest BCUT2D eigenvalue weighted by molar-refractivity contribution is -0.972. The summed E-state index contributed by atoms with van der Waals surface area (Å²) in [6, 6.07) is 18.8. The number of likely N-dealkylation sites (tertiary alicyclic amines) is 1. The molecule has 1 atom stereocenters. The maximum atomic E-state index is 3.52. The molecule has 0 radical (unpaired) electrons. The van der Waals surface area contributed by atoms with Gasteiger partial charge in [-0.2, -0.15) is 0 Å². The highest BCUT2D eigenvalue weighted by molar-refractivity contribution is 9.10. The first-order chi connectivity index (χ1) is 11.8. The van der Waals surface area contributed by atoms with Gasteiger partial charge in [-0.3, -0.25) is 0 Å². The van der Waals surface area contributed by atoms with E-state index in [0.29, 0.717) is 0 Å². The van der Waals surface area contributed by atoms with E-state index in [2.05, 4.69) is 64.5 Å². The lowest BCUT2D eigenvalue weighted by atomic mass is 9.95. The second-order valence-electron chi connectivity index (χ2n) is 7.43. The third-order valence-corrected chi connectivity index (χ3v) is 6.42. The summed E-state index contributed by atoms with van der Waals surface area (Å²) >= 11 is 3.52. The van der Waals surface area contributed by atoms with Crippen LogP contribution in [0.4, 0.5) is 0 Å². The minimum Gasteiger partial charge on any atom is -0.331 e. The van der Waals surface area contributed by atoms with Crippen molar-refractivity contribution < 1.29 is 9.80 Å². The van der Waals surface area contributed by atoms with Gasteiger partial charge in [0.1, 0.15) is 13.1 Å². The van der Waals surface area contributed by atoms with Crippen LogP contribution in [0.1, 0.15) is 29.5 Å². The number of hydrogen-bond donors (Lipinski definition) is 2. The Morgan fingerprint density at radius 2 is 1.58 bits per heavy atom. The van der Waals surface area contributed by atoms with Crippen molar-refractivity contribution in [1.82, 2.24) is 0 Å². The summed E-state index contributed by atoms with van der Waals surface area (Å²) in [5, 5.41) is 0. The van der Waals surface area contributed by atoms with Crippen LogP contribution in [0, 0.1) is 0 Å². The van der Waals surface area contributed by atoms with E-state index < -0.39 is 0 Å². The van der Waals surface area contributed by atoms with Gasteiger partial charge in [-0.15, -0.1) is 0 Å². The maximum Gasteiger partial charge on any atom is 0.103 e. The summed E-state index contributed by atoms with van der Waals surface area (Å²) in [5.74, 6) is 0. The first kappa shape index (κ1) is 16.3. The lowest BCUT2D eigenvalue weighted by Crippen LogP contribution is -3.20. The lowest BCUT2D eigenvalue weighted by Gasteiger charge is -2.36. The molecule has 1 saturated heterocycles. The van der Waals surface area contributed by atoms with Crippen LogP contribution in [0.25, 0.3) is 0 Å². The minimum atomic E-state index is 0.868. The van der Waals surface area contributed by atoms with Gasteiger partial charge in [-0.25, -0.2) is 0 Å². The largest absolute Gasteiger partial charge is 0.331 e. The van der Waals surface area contributed by atoms with Gasteiger partial charge < -0.3 is 9.80 Å². The van der Waals surface area contributed by atoms with Gasteiger partial charge >= 0.3 is 0 Å². The molecule has 2 aromatic carbocycles. The van der Waals surface area contributed by atoms with E-state index in [1.54, 1.807) is 16.0 Å². The SMILES string of the molecule is Brc1ccc(C[NH+]2CCC([NH+]3CCc4ccccc4C3)CC2)cc1. The van der Waals surface area contributed by atoms with E-state index in [1.165, 1.54) is 62.0 Å². The van der Waals surface area contributed by atoms with E-state index >= 15 is 0 Å². The van der Waals surface area contributed by atoms with E-state index in [-0.39, 0.29) is 0 Å². The van der Waals surface area contributed by atoms with Crippen LogP contribution in [0.15, 0.2) is 53.0 Å². The molecule has 0 aliphatic carbocycles. The molecule has 0 saturated carbocycles. The van der Waals surface area contributed by atoms with Gasteiger partial charge in [0.05, 0.1) is 25.7 Å². The normalized spacial score (nSPS) is 26.8. The van der Waals surface area contributed by atoms with Gasteiger partial charge in [-0.1, -0.05) is 52.3 Å². The van der Waals surface area contributed by atoms with E-state index in [4.69, 9.17) is 0 Å². The molecule has 2 aliphatic heterocycles. The minimum absolute atomic E-state index is 0.868. The Balaban J connectivity index is 1.31. The Kier molecular flexibility index (Phi) is 5.02. The molecule has 4 rings (SSSR count). The molecule has 24 heavy (non-hydrogen) atoms. The fourth-order valence-corrected chi connectivity index (χ4v) is 4.72. The monoisotopic (exact) mass is 386 g/mol. The van der Waals surface area contributed by atoms with Crippen molar-refractivity contribution in [3.05, 3.63) is 69.7 Å². The fourth-order valence-electron chi connectivity index (χ4n) is 4.45. The number of piperidine rings is 1. The molecule has 1 fully saturated rings. The Bertz CT molecular complexity index is 674. The summed E-state index contributed by atoms with van der Waals surface area (Å²) in [4.78, 5) is 3.58. The third-order valence-electron chi connectivity index (χ3n) is 5.89. The molecule has 1 unspecified atom stereocenters. The van der Waals surface area contributed by atoms with Gasteiger partial charge in [0, 0.05) is 34.9 Å². The zero-order valence-electron chi connectivity index (χ0n) is 14.2. The van der Waals surface area contributed by atoms with Gasteiger partial charge in [0.25, 0.3) is 0 Å². The molecule has 0 aromatic heterocycles. The van der Waals surface area contributed by atoms with E-state index in [9.17, 15) is 0 Å². The van der Waals surface area contributed by atoms with Crippen molar-refractivity contribution in [1.29, 1.82) is 0 Å². The van der Waals surface area contributed by atoms with Crippen molar-refractivity contribution in [3.63, 3.8) is 0 Å². The van der Waals surface area contributed by atoms with Crippen molar-refractivity contribution in [2.45, 2.75) is 38.4 Å². The zero-order chi connectivity index (χ0) is 16.4. The van der Waals surface area contributed by atoms with Crippen molar-refractivity contribution in [3.8, 4) is 0 Å². The first-order valence-electron chi connectivity index (χ1n) is 9.27. The quantitative estimate of drug-likeness (QED) is 0.793. The van der Waals surface area contributed by atoms with Crippen LogP contribution >= 0.6 is 15.9 Å². The highest BCUT2D eigenvalue weighted by atomic mass is 79.9. The molecule has 2 aliphatic rings. The van der Waals surface area contributed by atoms with Gasteiger partial charge in [-0.05, 0) is 17.7 Å². The summed E-state index contributed by atoms with van der Waals surface area (Å²) < 4.78 is 1.17. The highest BCUT2D eigenvalue weighted by Crippen LogP contribution is 2.12. The summed E-state index contributed by atoms with van der Waals surface area (Å²) in [6.45, 7) is 6.39. The second kappa shape index (κ2) is 7.38. The second-order valence-corrected chi connectivity index (χ2v) is 8.35. The number of fused-ring (bicyclic) bond motifs is 1. The number of nitrogens with one attached hydrogen (secondary N) is 2. The van der Waals surface area contributed by atoms with Crippen LogP contribution in [0.3, 0.4) is 0 Å². The molecule has 0 amide bonds. The van der Waals surface area contributed by atoms with Crippen LogP contribution in [0.2, 0.25) is 0 Å². The van der Waals surface area contributed by atoms with Crippen molar-refractivity contribution >= 4 is 15.9 Å². The van der Waals surface area contributed by atoms with Gasteiger partial charge in [0.15, 0.2) is 0 Å². The average molecular weight is 387 g/mol. The molecule has 0 spiro atoms. The fraction of sp³-hybridized carbons (Fsp3) is 0.429. The molecule has 126 valence electrons. The van der Waals surface area contributed by atoms with Crippen LogP contribution in [-0.2, 0) is 19.5 Å². The third kappa shape index (κ3) is 3.74. The summed E-state index contributed by atoms with van der Waals surface area (Å²) in [5.41, 5.74) is 4.63. The topological polar surface area (TPSA) is 8.88 Å². The molecule has 2 heterocycles. The Labute approximate surface area is 153 Å². The predicted molar refractivity (Wildman–Crippen MR) is 101 cm³/mol. The summed E-state index contributed by atoms with van der Waals surface area (Å²) in [6.07, 6.45) is 4.02. The first-order valence-corrected chi connectivity index (χ1v) is 10.1. The van der Waals surface area contributed by atoms with Gasteiger partial charge in [0.2, 0.25) is 0 Å². The zero-order valence-corrected chi connectivity index (χ0v) is 15.8. The number of halogens is 1. The highest BCUT2D eigenvalue weighted by Gasteiger charge is 2.32. The molecule has 2 N–H and O–H groups in total. The number of hydrogen-bond acceptors (Lipinski definition) is 0. The standard InChI is InChI=1S/C21H25BrN2/c22-20-7-5-17(6-8-20)15-23-12-10-21(11-13-23)24-14-9-18-3-1-2-4-19(18)16-24/h1-8,21H,9-16H2/p+2. The Hall–Kier alpha value is -1.16. The van der Waals surface area contributed by atoms with Crippen molar-refractivity contribution in [2.75, 3.05) is 19.6 Å². The van der Waals surface area contributed by atoms with Crippen molar-refractivity contribution in [2.24, 2.45) is 0 Å². The number of rotatable bonds is 3. The average Bonchev–Trinajstić information content (AvgIpc) is 2.64. The van der Waals surface area contributed by atoms with Crippen LogP contribution in [-0.4, -0.2) is 25.7 Å². The molecule has 0 bridgehead atoms. The number of quaternary nitrogens is 2.